The summed E-state index contributed by atoms with van der Waals surface area (Å²) in [6.07, 6.45) is -0.827. The van der Waals surface area contributed by atoms with Crippen molar-refractivity contribution in [3.63, 3.8) is 0 Å². The zero-order chi connectivity index (χ0) is 22.7. The minimum Gasteiger partial charge on any atom is -0.481 e. The van der Waals surface area contributed by atoms with Crippen LogP contribution in [0, 0.1) is 0 Å². The van der Waals surface area contributed by atoms with E-state index < -0.39 is 29.8 Å². The van der Waals surface area contributed by atoms with Crippen LogP contribution in [0.5, 0.6) is 0 Å². The van der Waals surface area contributed by atoms with E-state index in [2.05, 4.69) is 0 Å². The Bertz CT molecular complexity index is 507. The van der Waals surface area contributed by atoms with E-state index in [1.165, 1.54) is 6.92 Å². The molecule has 0 fully saturated rings. The summed E-state index contributed by atoms with van der Waals surface area (Å²) >= 11 is 0. The van der Waals surface area contributed by atoms with Gasteiger partial charge in [-0.25, -0.2) is 0 Å². The Morgan fingerprint density at radius 3 is 1.24 bits per heavy atom. The van der Waals surface area contributed by atoms with Gasteiger partial charge in [0.15, 0.2) is 0 Å². The summed E-state index contributed by atoms with van der Waals surface area (Å²) in [6, 6.07) is 0. The van der Waals surface area contributed by atoms with Gasteiger partial charge in [-0.1, -0.05) is 0 Å². The third-order valence-electron chi connectivity index (χ3n) is 2.76. The molecule has 3 N–H and O–H groups in total. The molecule has 0 aliphatic carbocycles. The number of carbonyl (C=O) groups is 6. The lowest BCUT2D eigenvalue weighted by molar-refractivity contribution is -0.149. The van der Waals surface area contributed by atoms with Crippen LogP contribution in [0.2, 0.25) is 0 Å². The maximum absolute atomic E-state index is 11.1. The number of esters is 2. The first-order chi connectivity index (χ1) is 13.5. The predicted octanol–water partition coefficient (Wildman–Crippen LogP) is 0.259. The van der Waals surface area contributed by atoms with E-state index in [4.69, 9.17) is 29.5 Å². The highest BCUT2D eigenvalue weighted by atomic mass is 16.6. The van der Waals surface area contributed by atoms with Crippen LogP contribution in [0.4, 0.5) is 0 Å². The third-order valence-corrected chi connectivity index (χ3v) is 2.76. The number of rotatable bonds is 15. The van der Waals surface area contributed by atoms with Crippen LogP contribution in [0.1, 0.15) is 45.4 Å². The van der Waals surface area contributed by atoms with Crippen molar-refractivity contribution in [2.75, 3.05) is 26.4 Å². The summed E-state index contributed by atoms with van der Waals surface area (Å²) in [4.78, 5) is 62.2. The number of Topliss-reactive ketones (excluding diaryl/α,β-unsaturated/α-hetero) is 1. The molecule has 0 amide bonds. The molecular weight excluding hydrogens is 396 g/mol. The Labute approximate surface area is 166 Å². The Morgan fingerprint density at radius 2 is 0.897 bits per heavy atom. The minimum atomic E-state index is -1.08. The number of carboxylic acid groups (broad SMARTS) is 3. The number of carbonyl (C=O) groups excluding carboxylic acids is 3. The molecule has 0 saturated heterocycles. The normalized spacial score (nSPS) is 9.55. The molecular formula is C17H26O12. The molecule has 0 atom stereocenters. The molecule has 12 nitrogen and oxygen atoms in total. The highest BCUT2D eigenvalue weighted by molar-refractivity contribution is 5.81. The standard InChI is InChI=1S/C13H20O8.C4H6O4/c1-10(14)2-4-12(17)20-8-6-19-7-9-21-13(18)5-3-11(15)16;5-3(6)1-2-4(7)8/h2-9H2,1H3,(H,15,16);1-2H2,(H,5,6)(H,7,8). The number of aliphatic carboxylic acids is 3. The summed E-state index contributed by atoms with van der Waals surface area (Å²) in [7, 11) is 0. The molecule has 166 valence electrons. The molecule has 0 radical (unpaired) electrons. The molecule has 0 aromatic heterocycles. The smallest absolute Gasteiger partial charge is 0.306 e. The Balaban J connectivity index is 0. The average Bonchev–Trinajstić information content (AvgIpc) is 2.62. The maximum Gasteiger partial charge on any atom is 0.306 e. The highest BCUT2D eigenvalue weighted by Gasteiger charge is 2.07. The van der Waals surface area contributed by atoms with Gasteiger partial charge in [0.2, 0.25) is 0 Å². The SMILES string of the molecule is CC(=O)CCC(=O)OCCOCCOC(=O)CCC(=O)O.O=C(O)CCC(=O)O. The number of carboxylic acids is 3. The van der Waals surface area contributed by atoms with E-state index in [0.717, 1.165) is 0 Å². The van der Waals surface area contributed by atoms with Gasteiger partial charge in [-0.05, 0) is 6.92 Å². The van der Waals surface area contributed by atoms with Crippen molar-refractivity contribution in [3.05, 3.63) is 0 Å². The van der Waals surface area contributed by atoms with Crippen molar-refractivity contribution in [3.8, 4) is 0 Å². The second-order valence-electron chi connectivity index (χ2n) is 5.44. The molecule has 0 unspecified atom stereocenters. The average molecular weight is 422 g/mol. The van der Waals surface area contributed by atoms with Gasteiger partial charge in [0.05, 0.1) is 45.3 Å². The molecule has 12 heteroatoms. The van der Waals surface area contributed by atoms with Gasteiger partial charge in [-0.3, -0.25) is 24.0 Å². The van der Waals surface area contributed by atoms with Crippen molar-refractivity contribution in [1.29, 1.82) is 0 Å². The summed E-state index contributed by atoms with van der Waals surface area (Å²) in [5, 5.41) is 24.1. The molecule has 29 heavy (non-hydrogen) atoms. The van der Waals surface area contributed by atoms with Crippen LogP contribution in [-0.4, -0.2) is 77.4 Å². The zero-order valence-electron chi connectivity index (χ0n) is 16.1. The predicted molar refractivity (Wildman–Crippen MR) is 94.0 cm³/mol. The van der Waals surface area contributed by atoms with Crippen LogP contribution in [0.3, 0.4) is 0 Å². The second-order valence-corrected chi connectivity index (χ2v) is 5.44. The molecule has 0 aliphatic heterocycles. The molecule has 0 aromatic rings. The van der Waals surface area contributed by atoms with Crippen LogP contribution in [-0.2, 0) is 43.0 Å². The van der Waals surface area contributed by atoms with Gasteiger partial charge in [-0.2, -0.15) is 0 Å². The molecule has 0 spiro atoms. The Hall–Kier alpha value is -3.02. The van der Waals surface area contributed by atoms with E-state index in [1.54, 1.807) is 0 Å². The van der Waals surface area contributed by atoms with Gasteiger partial charge >= 0.3 is 29.8 Å². The molecule has 0 saturated carbocycles. The quantitative estimate of drug-likeness (QED) is 0.241. The highest BCUT2D eigenvalue weighted by Crippen LogP contribution is 1.95. The fraction of sp³-hybridized carbons (Fsp3) is 0.647. The van der Waals surface area contributed by atoms with Gasteiger partial charge in [0, 0.05) is 6.42 Å². The fourth-order valence-corrected chi connectivity index (χ4v) is 1.38. The Kier molecular flexibility index (Phi) is 17.8. The number of hydrogen-bond acceptors (Lipinski definition) is 9. The summed E-state index contributed by atoms with van der Waals surface area (Å²) < 4.78 is 14.6. The maximum atomic E-state index is 11.1. The fourth-order valence-electron chi connectivity index (χ4n) is 1.38. The summed E-state index contributed by atoms with van der Waals surface area (Å²) in [5.41, 5.74) is 0. The lowest BCUT2D eigenvalue weighted by Crippen LogP contribution is -2.15. The number of ketones is 1. The van der Waals surface area contributed by atoms with E-state index in [0.29, 0.717) is 0 Å². The monoisotopic (exact) mass is 422 g/mol. The van der Waals surface area contributed by atoms with Crippen molar-refractivity contribution in [2.24, 2.45) is 0 Å². The van der Waals surface area contributed by atoms with Crippen molar-refractivity contribution >= 4 is 35.6 Å². The first-order valence-corrected chi connectivity index (χ1v) is 8.58. The van der Waals surface area contributed by atoms with Crippen LogP contribution < -0.4 is 0 Å². The van der Waals surface area contributed by atoms with Crippen molar-refractivity contribution in [2.45, 2.75) is 45.4 Å². The van der Waals surface area contributed by atoms with Gasteiger partial charge in [0.1, 0.15) is 19.0 Å². The van der Waals surface area contributed by atoms with Gasteiger partial charge in [0.25, 0.3) is 0 Å². The molecule has 0 heterocycles. The summed E-state index contributed by atoms with van der Waals surface area (Å²) in [5.74, 6) is -4.35. The lowest BCUT2D eigenvalue weighted by Gasteiger charge is -2.06. The second kappa shape index (κ2) is 18.3. The molecule has 0 bridgehead atoms. The van der Waals surface area contributed by atoms with Gasteiger partial charge in [-0.15, -0.1) is 0 Å². The largest absolute Gasteiger partial charge is 0.481 e. The first kappa shape index (κ1) is 28.2. The van der Waals surface area contributed by atoms with Crippen LogP contribution in [0.25, 0.3) is 0 Å². The first-order valence-electron chi connectivity index (χ1n) is 8.58. The lowest BCUT2D eigenvalue weighted by atomic mass is 10.2. The van der Waals surface area contributed by atoms with E-state index >= 15 is 0 Å². The van der Waals surface area contributed by atoms with E-state index in [1.807, 2.05) is 0 Å². The third kappa shape index (κ3) is 27.3. The molecule has 0 rings (SSSR count). The zero-order valence-corrected chi connectivity index (χ0v) is 16.1. The Morgan fingerprint density at radius 1 is 0.552 bits per heavy atom. The topological polar surface area (TPSA) is 191 Å². The van der Waals surface area contributed by atoms with Gasteiger partial charge < -0.3 is 34.3 Å². The molecule has 0 aromatic carbocycles. The van der Waals surface area contributed by atoms with Crippen molar-refractivity contribution < 1.29 is 58.3 Å². The number of ether oxygens (including phenoxy) is 3. The van der Waals surface area contributed by atoms with Crippen LogP contribution >= 0.6 is 0 Å². The van der Waals surface area contributed by atoms with Crippen LogP contribution in [0.15, 0.2) is 0 Å². The molecule has 0 aliphatic rings. The van der Waals surface area contributed by atoms with Crippen molar-refractivity contribution in [1.82, 2.24) is 0 Å². The number of hydrogen-bond donors (Lipinski definition) is 3. The summed E-state index contributed by atoms with van der Waals surface area (Å²) in [6.45, 7) is 1.75. The van der Waals surface area contributed by atoms with E-state index in [9.17, 15) is 28.8 Å². The van der Waals surface area contributed by atoms with E-state index in [-0.39, 0.29) is 70.7 Å². The minimum absolute atomic E-state index is 0.0107.